The summed E-state index contributed by atoms with van der Waals surface area (Å²) in [5.74, 6) is -0.152. The van der Waals surface area contributed by atoms with E-state index >= 15 is 0 Å². The van der Waals surface area contributed by atoms with E-state index in [-0.39, 0.29) is 24.1 Å². The van der Waals surface area contributed by atoms with Crippen LogP contribution in [0.2, 0.25) is 0 Å². The first-order chi connectivity index (χ1) is 15.4. The van der Waals surface area contributed by atoms with Crippen LogP contribution in [0, 0.1) is 6.92 Å². The van der Waals surface area contributed by atoms with Gasteiger partial charge >= 0.3 is 5.97 Å². The summed E-state index contributed by atoms with van der Waals surface area (Å²) < 4.78 is 6.38. The minimum absolute atomic E-state index is 0.125. The third-order valence-corrected chi connectivity index (χ3v) is 5.55. The first-order valence-corrected chi connectivity index (χ1v) is 10.7. The zero-order valence-corrected chi connectivity index (χ0v) is 18.7. The van der Waals surface area contributed by atoms with Crippen molar-refractivity contribution in [3.63, 3.8) is 0 Å². The van der Waals surface area contributed by atoms with Crippen LogP contribution in [0.15, 0.2) is 53.7 Å². The molecule has 2 N–H and O–H groups in total. The van der Waals surface area contributed by atoms with Gasteiger partial charge in [-0.05, 0) is 43.3 Å². The van der Waals surface area contributed by atoms with Crippen molar-refractivity contribution < 1.29 is 19.1 Å². The highest BCUT2D eigenvalue weighted by atomic mass is 32.2. The number of carbonyl (C=O) groups is 3. The monoisotopic (exact) mass is 453 g/mol. The maximum Gasteiger partial charge on any atom is 0.337 e. The Hall–Kier alpha value is -3.66. The molecule has 3 aromatic rings. The molecule has 3 rings (SSSR count). The molecular weight excluding hydrogens is 430 g/mol. The lowest BCUT2D eigenvalue weighted by Crippen LogP contribution is -2.24. The summed E-state index contributed by atoms with van der Waals surface area (Å²) in [4.78, 5) is 36.0. The summed E-state index contributed by atoms with van der Waals surface area (Å²) in [5, 5.41) is 14.3. The Morgan fingerprint density at radius 1 is 1.06 bits per heavy atom. The first-order valence-electron chi connectivity index (χ1n) is 9.71. The second kappa shape index (κ2) is 10.6. The number of thioether (sulfide) groups is 1. The maximum atomic E-state index is 12.3. The quantitative estimate of drug-likeness (QED) is 0.398. The number of rotatable bonds is 8. The van der Waals surface area contributed by atoms with E-state index in [4.69, 9.17) is 0 Å². The molecule has 0 unspecified atom stereocenters. The second-order valence-corrected chi connectivity index (χ2v) is 7.86. The van der Waals surface area contributed by atoms with Crippen molar-refractivity contribution in [2.45, 2.75) is 18.6 Å². The van der Waals surface area contributed by atoms with Crippen molar-refractivity contribution >= 4 is 35.2 Å². The molecule has 0 radical (unpaired) electrons. The molecular formula is C22H23N5O4S. The fourth-order valence-corrected chi connectivity index (χ4v) is 3.54. The first kappa shape index (κ1) is 23.0. The predicted octanol–water partition coefficient (Wildman–Crippen LogP) is 2.57. The number of carbonyl (C=O) groups excluding carboxylic acids is 3. The summed E-state index contributed by atoms with van der Waals surface area (Å²) in [7, 11) is 3.09. The van der Waals surface area contributed by atoms with Crippen LogP contribution in [0.25, 0.3) is 0 Å². The van der Waals surface area contributed by atoms with Gasteiger partial charge in [-0.2, -0.15) is 0 Å². The molecule has 0 atom stereocenters. The fraction of sp³-hybridized carbons (Fsp3) is 0.227. The van der Waals surface area contributed by atoms with Gasteiger partial charge in [-0.15, -0.1) is 10.2 Å². The van der Waals surface area contributed by atoms with Crippen molar-refractivity contribution in [1.29, 1.82) is 0 Å². The maximum absolute atomic E-state index is 12.3. The summed E-state index contributed by atoms with van der Waals surface area (Å²) in [6, 6.07) is 13.7. The highest BCUT2D eigenvalue weighted by Crippen LogP contribution is 2.17. The molecule has 166 valence electrons. The molecule has 10 heteroatoms. The van der Waals surface area contributed by atoms with Gasteiger partial charge in [-0.3, -0.25) is 9.59 Å². The molecule has 2 aromatic carbocycles. The lowest BCUT2D eigenvalue weighted by molar-refractivity contribution is -0.113. The average Bonchev–Trinajstić information content (AvgIpc) is 3.15. The summed E-state index contributed by atoms with van der Waals surface area (Å²) in [6.45, 7) is 2.14. The topological polar surface area (TPSA) is 115 Å². The molecule has 0 aliphatic rings. The number of hydrogen-bond acceptors (Lipinski definition) is 7. The Labute approximate surface area is 189 Å². The SMILES string of the molecule is COC(=O)c1ccc(NC(=O)CSc2nnc(CNC(=O)c3cccc(C)c3)n2C)cc1. The van der Waals surface area contributed by atoms with Gasteiger partial charge in [0.2, 0.25) is 5.91 Å². The van der Waals surface area contributed by atoms with Crippen LogP contribution in [0.3, 0.4) is 0 Å². The zero-order valence-electron chi connectivity index (χ0n) is 17.9. The number of anilines is 1. The van der Waals surface area contributed by atoms with Crippen LogP contribution in [0.5, 0.6) is 0 Å². The number of aromatic nitrogens is 3. The van der Waals surface area contributed by atoms with Gasteiger partial charge in [-0.25, -0.2) is 4.79 Å². The van der Waals surface area contributed by atoms with E-state index in [1.807, 2.05) is 25.1 Å². The molecule has 0 saturated carbocycles. The fourth-order valence-electron chi connectivity index (χ4n) is 2.81. The number of nitrogens with zero attached hydrogens (tertiary/aromatic N) is 3. The van der Waals surface area contributed by atoms with Crippen molar-refractivity contribution in [1.82, 2.24) is 20.1 Å². The van der Waals surface area contributed by atoms with Crippen molar-refractivity contribution in [2.75, 3.05) is 18.2 Å². The zero-order chi connectivity index (χ0) is 23.1. The molecule has 0 aliphatic carbocycles. The molecule has 1 aromatic heterocycles. The molecule has 0 fully saturated rings. The highest BCUT2D eigenvalue weighted by Gasteiger charge is 2.13. The molecule has 9 nitrogen and oxygen atoms in total. The average molecular weight is 454 g/mol. The Kier molecular flexibility index (Phi) is 7.61. The van der Waals surface area contributed by atoms with Crippen LogP contribution >= 0.6 is 11.8 Å². The van der Waals surface area contributed by atoms with E-state index in [1.54, 1.807) is 41.9 Å². The smallest absolute Gasteiger partial charge is 0.337 e. The van der Waals surface area contributed by atoms with Gasteiger partial charge in [0.25, 0.3) is 5.91 Å². The number of benzene rings is 2. The minimum Gasteiger partial charge on any atom is -0.465 e. The van der Waals surface area contributed by atoms with Gasteiger partial charge in [0, 0.05) is 18.3 Å². The molecule has 0 saturated heterocycles. The Balaban J connectivity index is 1.50. The lowest BCUT2D eigenvalue weighted by Gasteiger charge is -2.07. The highest BCUT2D eigenvalue weighted by molar-refractivity contribution is 7.99. The second-order valence-electron chi connectivity index (χ2n) is 6.92. The third-order valence-electron chi connectivity index (χ3n) is 4.53. The Morgan fingerprint density at radius 2 is 1.81 bits per heavy atom. The van der Waals surface area contributed by atoms with Crippen molar-refractivity contribution in [2.24, 2.45) is 7.05 Å². The molecule has 0 spiro atoms. The minimum atomic E-state index is -0.438. The van der Waals surface area contributed by atoms with Gasteiger partial charge in [0.1, 0.15) is 0 Å². The summed E-state index contributed by atoms with van der Waals surface area (Å²) in [6.07, 6.45) is 0. The van der Waals surface area contributed by atoms with E-state index in [0.29, 0.717) is 27.8 Å². The van der Waals surface area contributed by atoms with Crippen molar-refractivity contribution in [3.8, 4) is 0 Å². The van der Waals surface area contributed by atoms with Gasteiger partial charge in [0.15, 0.2) is 11.0 Å². The normalized spacial score (nSPS) is 10.5. The third kappa shape index (κ3) is 5.94. The number of nitrogens with one attached hydrogen (secondary N) is 2. The van der Waals surface area contributed by atoms with Crippen LogP contribution < -0.4 is 10.6 Å². The van der Waals surface area contributed by atoms with E-state index in [1.165, 1.54) is 18.9 Å². The van der Waals surface area contributed by atoms with E-state index in [2.05, 4.69) is 25.6 Å². The van der Waals surface area contributed by atoms with E-state index in [9.17, 15) is 14.4 Å². The standard InChI is InChI=1S/C22H23N5O4S/c1-14-5-4-6-16(11-14)20(29)23-12-18-25-26-22(27(18)2)32-13-19(28)24-17-9-7-15(8-10-17)21(30)31-3/h4-11H,12-13H2,1-3H3,(H,23,29)(H,24,28). The van der Waals surface area contributed by atoms with Gasteiger partial charge in [0.05, 0.1) is 25.0 Å². The number of hydrogen-bond donors (Lipinski definition) is 2. The van der Waals surface area contributed by atoms with Gasteiger partial charge < -0.3 is 19.9 Å². The molecule has 0 aliphatic heterocycles. The molecule has 32 heavy (non-hydrogen) atoms. The Morgan fingerprint density at radius 3 is 2.50 bits per heavy atom. The summed E-state index contributed by atoms with van der Waals surface area (Å²) in [5.41, 5.74) is 2.56. The number of esters is 1. The van der Waals surface area contributed by atoms with E-state index < -0.39 is 5.97 Å². The van der Waals surface area contributed by atoms with Crippen molar-refractivity contribution in [3.05, 3.63) is 71.0 Å². The number of amides is 2. The molecule has 1 heterocycles. The van der Waals surface area contributed by atoms with Crippen LogP contribution in [-0.2, 0) is 23.1 Å². The van der Waals surface area contributed by atoms with E-state index in [0.717, 1.165) is 5.56 Å². The predicted molar refractivity (Wildman–Crippen MR) is 120 cm³/mol. The van der Waals surface area contributed by atoms with Crippen LogP contribution in [-0.4, -0.2) is 45.4 Å². The molecule has 2 amide bonds. The van der Waals surface area contributed by atoms with Crippen LogP contribution in [0.4, 0.5) is 5.69 Å². The number of methoxy groups -OCH3 is 1. The Bertz CT molecular complexity index is 1130. The summed E-state index contributed by atoms with van der Waals surface area (Å²) >= 11 is 1.23. The number of ether oxygens (including phenoxy) is 1. The van der Waals surface area contributed by atoms with Gasteiger partial charge in [-0.1, -0.05) is 29.5 Å². The molecule has 0 bridgehead atoms. The largest absolute Gasteiger partial charge is 0.465 e. The number of aryl methyl sites for hydroxylation is 1. The lowest BCUT2D eigenvalue weighted by atomic mass is 10.1. The van der Waals surface area contributed by atoms with Crippen LogP contribution in [0.1, 0.15) is 32.1 Å².